The van der Waals surface area contributed by atoms with Gasteiger partial charge in [0.1, 0.15) is 30.2 Å². The summed E-state index contributed by atoms with van der Waals surface area (Å²) < 4.78 is 16.8. The standard InChI is InChI=1S/C22H25ClO7/c1-28-22(21(27)20(26)19(25)18(11-24)30-22)15-3-4-16(23)14(10-15)9-12-2-5-17-13(8-12)6-7-29-17/h2-5,8,10,18-21,24-27H,6-7,9,11H2,1H3. The maximum atomic E-state index is 10.7. The van der Waals surface area contributed by atoms with E-state index in [-0.39, 0.29) is 0 Å². The molecular formula is C22H25ClO7. The van der Waals surface area contributed by atoms with Crippen LogP contribution < -0.4 is 4.74 Å². The van der Waals surface area contributed by atoms with Gasteiger partial charge in [0.05, 0.1) is 13.2 Å². The van der Waals surface area contributed by atoms with Gasteiger partial charge in [-0.25, -0.2) is 0 Å². The Kier molecular flexibility index (Phi) is 6.05. The molecule has 4 N–H and O–H groups in total. The van der Waals surface area contributed by atoms with Gasteiger partial charge in [0.2, 0.25) is 5.79 Å². The molecule has 2 aliphatic rings. The van der Waals surface area contributed by atoms with Crippen LogP contribution in [0.2, 0.25) is 5.02 Å². The largest absolute Gasteiger partial charge is 0.493 e. The number of aliphatic hydroxyl groups excluding tert-OH is 4. The first-order chi connectivity index (χ1) is 14.4. The summed E-state index contributed by atoms with van der Waals surface area (Å²) in [6.45, 7) is 0.133. The van der Waals surface area contributed by atoms with E-state index >= 15 is 0 Å². The lowest BCUT2D eigenvalue weighted by atomic mass is 9.87. The molecule has 7 nitrogen and oxygen atoms in total. The van der Waals surface area contributed by atoms with Gasteiger partial charge in [-0.05, 0) is 41.3 Å². The highest BCUT2D eigenvalue weighted by Crippen LogP contribution is 2.40. The molecule has 30 heavy (non-hydrogen) atoms. The third-order valence-electron chi connectivity index (χ3n) is 5.85. The molecule has 4 rings (SSSR count). The maximum absolute atomic E-state index is 10.7. The molecule has 0 amide bonds. The Balaban J connectivity index is 1.69. The summed E-state index contributed by atoms with van der Waals surface area (Å²) in [5, 5.41) is 41.2. The van der Waals surface area contributed by atoms with Crippen LogP contribution in [-0.4, -0.2) is 65.2 Å². The molecule has 0 bridgehead atoms. The fourth-order valence-corrected chi connectivity index (χ4v) is 4.35. The van der Waals surface area contributed by atoms with Crippen molar-refractivity contribution in [1.82, 2.24) is 0 Å². The molecule has 5 unspecified atom stereocenters. The van der Waals surface area contributed by atoms with Crippen LogP contribution in [0.4, 0.5) is 0 Å². The van der Waals surface area contributed by atoms with Crippen molar-refractivity contribution in [2.75, 3.05) is 20.3 Å². The lowest BCUT2D eigenvalue weighted by molar-refractivity contribution is -0.366. The van der Waals surface area contributed by atoms with E-state index in [1.165, 1.54) is 7.11 Å². The van der Waals surface area contributed by atoms with E-state index < -0.39 is 36.8 Å². The van der Waals surface area contributed by atoms with Gasteiger partial charge in [-0.2, -0.15) is 0 Å². The monoisotopic (exact) mass is 436 g/mol. The molecular weight excluding hydrogens is 412 g/mol. The molecule has 0 aromatic heterocycles. The van der Waals surface area contributed by atoms with Crippen LogP contribution in [0.5, 0.6) is 5.75 Å². The highest BCUT2D eigenvalue weighted by atomic mass is 35.5. The van der Waals surface area contributed by atoms with Gasteiger partial charge in [0.25, 0.3) is 0 Å². The van der Waals surface area contributed by atoms with E-state index in [4.69, 9.17) is 25.8 Å². The SMILES string of the molecule is COC1(c2ccc(Cl)c(Cc3ccc4c(c3)CCO4)c2)OC(CO)C(O)C(O)C1O. The predicted octanol–water partition coefficient (Wildman–Crippen LogP) is 1.14. The first kappa shape index (κ1) is 21.5. The molecule has 2 aliphatic heterocycles. The second kappa shape index (κ2) is 8.43. The van der Waals surface area contributed by atoms with Crippen LogP contribution in [0.1, 0.15) is 22.3 Å². The van der Waals surface area contributed by atoms with E-state index in [1.54, 1.807) is 18.2 Å². The average Bonchev–Trinajstić information content (AvgIpc) is 3.22. The zero-order valence-electron chi connectivity index (χ0n) is 16.5. The number of benzene rings is 2. The van der Waals surface area contributed by atoms with Gasteiger partial charge in [-0.15, -0.1) is 0 Å². The molecule has 5 atom stereocenters. The Morgan fingerprint density at radius 1 is 1.13 bits per heavy atom. The van der Waals surface area contributed by atoms with Gasteiger partial charge in [-0.3, -0.25) is 0 Å². The summed E-state index contributed by atoms with van der Waals surface area (Å²) in [4.78, 5) is 0. The first-order valence-electron chi connectivity index (χ1n) is 9.81. The maximum Gasteiger partial charge on any atom is 0.224 e. The lowest BCUT2D eigenvalue weighted by Crippen LogP contribution is -2.64. The molecule has 8 heteroatoms. The van der Waals surface area contributed by atoms with Crippen molar-refractivity contribution in [2.45, 2.75) is 43.0 Å². The smallest absolute Gasteiger partial charge is 0.224 e. The molecule has 0 saturated carbocycles. The summed E-state index contributed by atoms with van der Waals surface area (Å²) in [5.41, 5.74) is 3.41. The van der Waals surface area contributed by atoms with Crippen molar-refractivity contribution in [3.63, 3.8) is 0 Å². The zero-order chi connectivity index (χ0) is 21.5. The molecule has 0 radical (unpaired) electrons. The Bertz CT molecular complexity index is 918. The molecule has 0 spiro atoms. The number of rotatable bonds is 5. The average molecular weight is 437 g/mol. The Hall–Kier alpha value is -1.71. The summed E-state index contributed by atoms with van der Waals surface area (Å²) in [6.07, 6.45) is -4.32. The highest BCUT2D eigenvalue weighted by molar-refractivity contribution is 6.31. The molecule has 0 aliphatic carbocycles. The lowest BCUT2D eigenvalue weighted by Gasteiger charge is -2.47. The van der Waals surface area contributed by atoms with Crippen LogP contribution in [0.15, 0.2) is 36.4 Å². The summed E-state index contributed by atoms with van der Waals surface area (Å²) in [7, 11) is 1.33. The molecule has 1 fully saturated rings. The second-order valence-electron chi connectivity index (χ2n) is 7.66. The summed E-state index contributed by atoms with van der Waals surface area (Å²) in [5.74, 6) is -0.866. The minimum absolute atomic E-state index is 0.422. The number of hydrogen-bond acceptors (Lipinski definition) is 7. The fraction of sp³-hybridized carbons (Fsp3) is 0.455. The summed E-state index contributed by atoms with van der Waals surface area (Å²) >= 11 is 6.44. The number of ether oxygens (including phenoxy) is 3. The number of fused-ring (bicyclic) bond motifs is 1. The van der Waals surface area contributed by atoms with E-state index in [1.807, 2.05) is 12.1 Å². The quantitative estimate of drug-likeness (QED) is 0.556. The Labute approximate surface area is 179 Å². The van der Waals surface area contributed by atoms with Crippen molar-refractivity contribution in [2.24, 2.45) is 0 Å². The van der Waals surface area contributed by atoms with Gasteiger partial charge in [0, 0.05) is 24.1 Å². The molecule has 1 saturated heterocycles. The first-order valence-corrected chi connectivity index (χ1v) is 10.2. The van der Waals surface area contributed by atoms with Gasteiger partial charge >= 0.3 is 0 Å². The van der Waals surface area contributed by atoms with E-state index in [9.17, 15) is 20.4 Å². The molecule has 2 heterocycles. The zero-order valence-corrected chi connectivity index (χ0v) is 17.2. The molecule has 162 valence electrons. The van der Waals surface area contributed by atoms with Crippen molar-refractivity contribution in [3.8, 4) is 5.75 Å². The highest BCUT2D eigenvalue weighted by Gasteiger charge is 2.55. The van der Waals surface area contributed by atoms with Crippen molar-refractivity contribution in [3.05, 3.63) is 63.7 Å². The third kappa shape index (κ3) is 3.61. The van der Waals surface area contributed by atoms with Crippen molar-refractivity contribution >= 4 is 11.6 Å². The number of halogens is 1. The molecule has 2 aromatic carbocycles. The van der Waals surface area contributed by atoms with E-state index in [0.717, 1.165) is 28.9 Å². The van der Waals surface area contributed by atoms with Crippen molar-refractivity contribution in [1.29, 1.82) is 0 Å². The van der Waals surface area contributed by atoms with Crippen LogP contribution >= 0.6 is 11.6 Å². The molecule has 2 aromatic rings. The van der Waals surface area contributed by atoms with Crippen LogP contribution in [0.3, 0.4) is 0 Å². The summed E-state index contributed by atoms with van der Waals surface area (Å²) in [6, 6.07) is 11.1. The van der Waals surface area contributed by atoms with Gasteiger partial charge in [0.15, 0.2) is 0 Å². The normalized spacial score (nSPS) is 30.7. The number of aliphatic hydroxyl groups is 4. The van der Waals surface area contributed by atoms with Crippen LogP contribution in [0, 0.1) is 0 Å². The number of hydrogen-bond donors (Lipinski definition) is 4. The minimum Gasteiger partial charge on any atom is -0.493 e. The predicted molar refractivity (Wildman–Crippen MR) is 109 cm³/mol. The van der Waals surface area contributed by atoms with Crippen LogP contribution in [-0.2, 0) is 28.1 Å². The third-order valence-corrected chi connectivity index (χ3v) is 6.22. The minimum atomic E-state index is -1.77. The second-order valence-corrected chi connectivity index (χ2v) is 8.07. The van der Waals surface area contributed by atoms with Crippen LogP contribution in [0.25, 0.3) is 0 Å². The topological polar surface area (TPSA) is 109 Å². The Morgan fingerprint density at radius 3 is 2.67 bits per heavy atom. The fourth-order valence-electron chi connectivity index (χ4n) is 4.16. The van der Waals surface area contributed by atoms with E-state index in [2.05, 4.69) is 6.07 Å². The number of methoxy groups -OCH3 is 1. The van der Waals surface area contributed by atoms with Crippen molar-refractivity contribution < 1.29 is 34.6 Å². The van der Waals surface area contributed by atoms with Gasteiger partial charge < -0.3 is 34.6 Å². The van der Waals surface area contributed by atoms with E-state index in [0.29, 0.717) is 23.6 Å². The van der Waals surface area contributed by atoms with Gasteiger partial charge in [-0.1, -0.05) is 29.8 Å². The Morgan fingerprint density at radius 2 is 1.93 bits per heavy atom.